The Labute approximate surface area is 91.8 Å². The highest BCUT2D eigenvalue weighted by Gasteiger charge is 2.08. The van der Waals surface area contributed by atoms with Crippen LogP contribution in [0.4, 0.5) is 15.8 Å². The fraction of sp³-hybridized carbons (Fsp3) is 0.400. The Morgan fingerprint density at radius 1 is 1.57 bits per heavy atom. The molecular formula is C10H14BrFN2. The van der Waals surface area contributed by atoms with Crippen molar-refractivity contribution >= 4 is 27.3 Å². The van der Waals surface area contributed by atoms with Crippen LogP contribution in [0.15, 0.2) is 16.6 Å². The summed E-state index contributed by atoms with van der Waals surface area (Å²) in [5.74, 6) is -0.330. The third-order valence-corrected chi connectivity index (χ3v) is 2.71. The number of nitrogens with two attached hydrogens (primary N) is 1. The van der Waals surface area contributed by atoms with Gasteiger partial charge in [-0.15, -0.1) is 0 Å². The summed E-state index contributed by atoms with van der Waals surface area (Å²) in [7, 11) is 0. The standard InChI is InChI=1S/C10H14BrFN2/c1-3-6(2)14-10-8(11)4-7(12)5-9(10)13/h4-6,14H,3,13H2,1-2H3. The molecule has 0 bridgehead atoms. The molecule has 0 aromatic heterocycles. The summed E-state index contributed by atoms with van der Waals surface area (Å²) in [4.78, 5) is 0. The number of anilines is 2. The van der Waals surface area contributed by atoms with Crippen molar-refractivity contribution in [1.82, 2.24) is 0 Å². The molecular weight excluding hydrogens is 247 g/mol. The van der Waals surface area contributed by atoms with Crippen LogP contribution in [-0.2, 0) is 0 Å². The molecule has 0 saturated carbocycles. The van der Waals surface area contributed by atoms with E-state index in [1.54, 1.807) is 0 Å². The zero-order valence-corrected chi connectivity index (χ0v) is 9.86. The molecule has 0 radical (unpaired) electrons. The van der Waals surface area contributed by atoms with Gasteiger partial charge in [0.2, 0.25) is 0 Å². The molecule has 0 spiro atoms. The summed E-state index contributed by atoms with van der Waals surface area (Å²) in [5, 5.41) is 3.22. The molecule has 1 rings (SSSR count). The van der Waals surface area contributed by atoms with Crippen molar-refractivity contribution in [2.24, 2.45) is 0 Å². The largest absolute Gasteiger partial charge is 0.397 e. The van der Waals surface area contributed by atoms with Gasteiger partial charge in [0.1, 0.15) is 5.82 Å². The van der Waals surface area contributed by atoms with E-state index in [1.807, 2.05) is 0 Å². The number of hydrogen-bond donors (Lipinski definition) is 2. The first-order valence-electron chi connectivity index (χ1n) is 4.55. The maximum atomic E-state index is 12.9. The van der Waals surface area contributed by atoms with Crippen molar-refractivity contribution in [2.75, 3.05) is 11.1 Å². The second kappa shape index (κ2) is 4.64. The Hall–Kier alpha value is -0.770. The lowest BCUT2D eigenvalue weighted by Gasteiger charge is -2.16. The zero-order valence-electron chi connectivity index (χ0n) is 8.27. The van der Waals surface area contributed by atoms with E-state index < -0.39 is 0 Å². The lowest BCUT2D eigenvalue weighted by molar-refractivity contribution is 0.627. The van der Waals surface area contributed by atoms with Crippen molar-refractivity contribution in [3.63, 3.8) is 0 Å². The minimum atomic E-state index is -0.330. The van der Waals surface area contributed by atoms with Gasteiger partial charge in [0.25, 0.3) is 0 Å². The van der Waals surface area contributed by atoms with Crippen LogP contribution in [0.3, 0.4) is 0 Å². The van der Waals surface area contributed by atoms with E-state index in [0.717, 1.165) is 12.1 Å². The molecule has 1 unspecified atom stereocenters. The van der Waals surface area contributed by atoms with E-state index in [1.165, 1.54) is 12.1 Å². The molecule has 0 aliphatic carbocycles. The van der Waals surface area contributed by atoms with Crippen LogP contribution in [0.25, 0.3) is 0 Å². The number of nitrogen functional groups attached to an aromatic ring is 1. The Bertz CT molecular complexity index is 305. The minimum absolute atomic E-state index is 0.319. The van der Waals surface area contributed by atoms with Gasteiger partial charge in [-0.3, -0.25) is 0 Å². The van der Waals surface area contributed by atoms with E-state index in [4.69, 9.17) is 5.73 Å². The van der Waals surface area contributed by atoms with Gasteiger partial charge in [0.05, 0.1) is 11.4 Å². The van der Waals surface area contributed by atoms with Gasteiger partial charge in [-0.1, -0.05) is 6.92 Å². The van der Waals surface area contributed by atoms with Gasteiger partial charge in [0.15, 0.2) is 0 Å². The maximum Gasteiger partial charge on any atom is 0.126 e. The van der Waals surface area contributed by atoms with Crippen molar-refractivity contribution in [2.45, 2.75) is 26.3 Å². The molecule has 2 nitrogen and oxygen atoms in total. The van der Waals surface area contributed by atoms with E-state index in [-0.39, 0.29) is 5.82 Å². The lowest BCUT2D eigenvalue weighted by Crippen LogP contribution is -2.15. The number of benzene rings is 1. The van der Waals surface area contributed by atoms with Crippen molar-refractivity contribution in [1.29, 1.82) is 0 Å². The van der Waals surface area contributed by atoms with Crippen LogP contribution in [0.5, 0.6) is 0 Å². The molecule has 0 amide bonds. The SMILES string of the molecule is CCC(C)Nc1c(N)cc(F)cc1Br. The summed E-state index contributed by atoms with van der Waals surface area (Å²) in [6, 6.07) is 3.04. The quantitative estimate of drug-likeness (QED) is 0.818. The molecule has 14 heavy (non-hydrogen) atoms. The summed E-state index contributed by atoms with van der Waals surface area (Å²) in [6.45, 7) is 4.13. The Morgan fingerprint density at radius 3 is 2.71 bits per heavy atom. The van der Waals surface area contributed by atoms with Crippen molar-refractivity contribution < 1.29 is 4.39 Å². The van der Waals surface area contributed by atoms with E-state index in [0.29, 0.717) is 16.2 Å². The molecule has 0 saturated heterocycles. The highest BCUT2D eigenvalue weighted by atomic mass is 79.9. The molecule has 0 aliphatic heterocycles. The highest BCUT2D eigenvalue weighted by Crippen LogP contribution is 2.30. The highest BCUT2D eigenvalue weighted by molar-refractivity contribution is 9.10. The topological polar surface area (TPSA) is 38.0 Å². The predicted molar refractivity (Wildman–Crippen MR) is 61.9 cm³/mol. The van der Waals surface area contributed by atoms with Crippen LogP contribution >= 0.6 is 15.9 Å². The van der Waals surface area contributed by atoms with Crippen LogP contribution in [-0.4, -0.2) is 6.04 Å². The monoisotopic (exact) mass is 260 g/mol. The van der Waals surface area contributed by atoms with Crippen LogP contribution < -0.4 is 11.1 Å². The first-order valence-corrected chi connectivity index (χ1v) is 5.35. The van der Waals surface area contributed by atoms with E-state index in [9.17, 15) is 4.39 Å². The van der Waals surface area contributed by atoms with Gasteiger partial charge in [-0.05, 0) is 41.4 Å². The Balaban J connectivity index is 2.96. The van der Waals surface area contributed by atoms with Crippen LogP contribution in [0.1, 0.15) is 20.3 Å². The van der Waals surface area contributed by atoms with Gasteiger partial charge < -0.3 is 11.1 Å². The second-order valence-corrected chi connectivity index (χ2v) is 4.16. The Kier molecular flexibility index (Phi) is 3.75. The number of hydrogen-bond acceptors (Lipinski definition) is 2. The number of rotatable bonds is 3. The second-order valence-electron chi connectivity index (χ2n) is 3.31. The van der Waals surface area contributed by atoms with Crippen LogP contribution in [0.2, 0.25) is 0 Å². The van der Waals surface area contributed by atoms with Gasteiger partial charge >= 0.3 is 0 Å². The molecule has 1 aromatic carbocycles. The Morgan fingerprint density at radius 2 is 2.21 bits per heavy atom. The van der Waals surface area contributed by atoms with Gasteiger partial charge in [-0.25, -0.2) is 4.39 Å². The molecule has 1 atom stereocenters. The third kappa shape index (κ3) is 2.61. The molecule has 78 valence electrons. The molecule has 0 aliphatic rings. The molecule has 0 fully saturated rings. The first-order chi connectivity index (χ1) is 6.54. The summed E-state index contributed by atoms with van der Waals surface area (Å²) >= 11 is 3.27. The lowest BCUT2D eigenvalue weighted by atomic mass is 10.2. The first kappa shape index (κ1) is 11.3. The third-order valence-electron chi connectivity index (χ3n) is 2.09. The number of nitrogens with one attached hydrogen (secondary N) is 1. The summed E-state index contributed by atoms with van der Waals surface area (Å²) < 4.78 is 13.6. The molecule has 4 heteroatoms. The normalized spacial score (nSPS) is 12.6. The maximum absolute atomic E-state index is 12.9. The molecule has 1 aromatic rings. The zero-order chi connectivity index (χ0) is 10.7. The number of halogens is 2. The molecule has 3 N–H and O–H groups in total. The van der Waals surface area contributed by atoms with Crippen LogP contribution in [0, 0.1) is 5.82 Å². The van der Waals surface area contributed by atoms with Crippen molar-refractivity contribution in [3.05, 3.63) is 22.4 Å². The van der Waals surface area contributed by atoms with Gasteiger partial charge in [0, 0.05) is 10.5 Å². The predicted octanol–water partition coefficient (Wildman–Crippen LogP) is 3.38. The van der Waals surface area contributed by atoms with E-state index >= 15 is 0 Å². The van der Waals surface area contributed by atoms with Crippen molar-refractivity contribution in [3.8, 4) is 0 Å². The summed E-state index contributed by atoms with van der Waals surface area (Å²) in [5.41, 5.74) is 6.89. The fourth-order valence-corrected chi connectivity index (χ4v) is 1.66. The fourth-order valence-electron chi connectivity index (χ4n) is 1.09. The van der Waals surface area contributed by atoms with E-state index in [2.05, 4.69) is 35.1 Å². The minimum Gasteiger partial charge on any atom is -0.397 e. The van der Waals surface area contributed by atoms with Gasteiger partial charge in [-0.2, -0.15) is 0 Å². The smallest absolute Gasteiger partial charge is 0.126 e. The average Bonchev–Trinajstić information content (AvgIpc) is 2.10. The average molecular weight is 261 g/mol. The summed E-state index contributed by atoms with van der Waals surface area (Å²) in [6.07, 6.45) is 0.989. The molecule has 0 heterocycles.